The number of hydrogen-bond acceptors (Lipinski definition) is 15. The van der Waals surface area contributed by atoms with Gasteiger partial charge >= 0.3 is 5.97 Å². The summed E-state index contributed by atoms with van der Waals surface area (Å²) >= 11 is 0. The fourth-order valence-corrected chi connectivity index (χ4v) is 6.23. The maximum Gasteiger partial charge on any atom is 0.326 e. The third-order valence-corrected chi connectivity index (χ3v) is 10.2. The summed E-state index contributed by atoms with van der Waals surface area (Å²) in [6.07, 6.45) is 2.87. The van der Waals surface area contributed by atoms with E-state index in [9.17, 15) is 63.6 Å². The normalized spacial score (nSPS) is 15.4. The fraction of sp³-hybridized carbons (Fsp3) is 0.780. The molecule has 24 nitrogen and oxygen atoms in total. The molecule has 0 saturated heterocycles. The number of carbonyl (C=O) groups excluding carboxylic acids is 8. The zero-order chi connectivity index (χ0) is 49.8. The average molecular weight is 932 g/mol. The molecule has 0 aromatic heterocycles. The number of aliphatic hydroxyl groups excluding tert-OH is 3. The van der Waals surface area contributed by atoms with Crippen LogP contribution in [0, 0.1) is 17.8 Å². The van der Waals surface area contributed by atoms with Crippen molar-refractivity contribution in [1.82, 2.24) is 42.5 Å². The van der Waals surface area contributed by atoms with E-state index in [-0.39, 0.29) is 44.1 Å². The lowest BCUT2D eigenvalue weighted by Gasteiger charge is -2.29. The van der Waals surface area contributed by atoms with Crippen LogP contribution in [-0.2, 0) is 43.2 Å². The second-order valence-corrected chi connectivity index (χ2v) is 16.8. The molecular formula is C41H77N11O13. The first-order valence-electron chi connectivity index (χ1n) is 22.2. The van der Waals surface area contributed by atoms with E-state index in [4.69, 9.17) is 17.2 Å². The molecule has 8 amide bonds. The third-order valence-electron chi connectivity index (χ3n) is 10.2. The van der Waals surface area contributed by atoms with Crippen molar-refractivity contribution in [2.75, 3.05) is 39.5 Å². The highest BCUT2D eigenvalue weighted by Crippen LogP contribution is 2.13. The Balaban J connectivity index is 5.96. The van der Waals surface area contributed by atoms with Crippen molar-refractivity contribution in [2.24, 2.45) is 35.0 Å². The van der Waals surface area contributed by atoms with Crippen LogP contribution in [-0.4, -0.2) is 161 Å². The quantitative estimate of drug-likeness (QED) is 0.0270. The van der Waals surface area contributed by atoms with E-state index in [1.54, 1.807) is 41.5 Å². The standard InChI is InChI=1S/C41H77N11O13/c1-7-24(6)33(40(63)51-31(21-55)38(61)48-28(41(64)65)17-23(4)5)52-37(60)27(16-22(2)3)47-36(59)26(13-9-11-15-43)46-32(56)18-45-35(58)29(19-53)50-39(62)30(20-54)49-34(57)25(44)12-8-10-14-42/h22-31,33,53-55H,7-21,42-44H2,1-6H3,(H,45,58)(H,46,56)(H,47,59)(H,48,61)(H,49,57)(H,50,62)(H,51,63)(H,52,60)(H,64,65)/t24-,25-,26-,27-,28-,29-,30-,31-,33-/m0/s1. The predicted molar refractivity (Wildman–Crippen MR) is 238 cm³/mol. The number of nitrogens with two attached hydrogens (primary N) is 3. The van der Waals surface area contributed by atoms with Gasteiger partial charge in [0, 0.05) is 0 Å². The van der Waals surface area contributed by atoms with E-state index in [1.165, 1.54) is 0 Å². The lowest BCUT2D eigenvalue weighted by molar-refractivity contribution is -0.143. The molecule has 0 aromatic carbocycles. The van der Waals surface area contributed by atoms with Crippen molar-refractivity contribution in [3.63, 3.8) is 0 Å². The van der Waals surface area contributed by atoms with Crippen molar-refractivity contribution < 1.29 is 63.6 Å². The highest BCUT2D eigenvalue weighted by Gasteiger charge is 2.35. The molecule has 0 aromatic rings. The molecule has 0 aliphatic rings. The zero-order valence-electron chi connectivity index (χ0n) is 38.7. The Labute approximate surface area is 380 Å². The Bertz CT molecular complexity index is 1540. The summed E-state index contributed by atoms with van der Waals surface area (Å²) in [5.74, 6) is -9.08. The van der Waals surface area contributed by atoms with Gasteiger partial charge in [-0.25, -0.2) is 4.79 Å². The first-order chi connectivity index (χ1) is 30.6. The summed E-state index contributed by atoms with van der Waals surface area (Å²) in [5.41, 5.74) is 16.9. The molecule has 0 fully saturated rings. The van der Waals surface area contributed by atoms with Gasteiger partial charge in [0.1, 0.15) is 42.3 Å². The second kappa shape index (κ2) is 32.6. The second-order valence-electron chi connectivity index (χ2n) is 16.8. The minimum Gasteiger partial charge on any atom is -0.480 e. The maximum atomic E-state index is 13.9. The molecule has 0 saturated carbocycles. The van der Waals surface area contributed by atoms with Crippen molar-refractivity contribution in [1.29, 1.82) is 0 Å². The molecule has 0 spiro atoms. The summed E-state index contributed by atoms with van der Waals surface area (Å²) in [6.45, 7) is 7.76. The van der Waals surface area contributed by atoms with Gasteiger partial charge < -0.3 is 80.2 Å². The summed E-state index contributed by atoms with van der Waals surface area (Å²) in [5, 5.41) is 58.3. The molecule has 9 atom stereocenters. The Morgan fingerprint density at radius 1 is 0.492 bits per heavy atom. The van der Waals surface area contributed by atoms with Crippen LogP contribution in [0.1, 0.15) is 99.3 Å². The molecule has 0 aliphatic heterocycles. The molecule has 374 valence electrons. The summed E-state index contributed by atoms with van der Waals surface area (Å²) < 4.78 is 0. The van der Waals surface area contributed by atoms with E-state index in [0.717, 1.165) is 0 Å². The molecule has 0 rings (SSSR count). The molecule has 0 radical (unpaired) electrons. The predicted octanol–water partition coefficient (Wildman–Crippen LogP) is -4.72. The molecule has 65 heavy (non-hydrogen) atoms. The zero-order valence-corrected chi connectivity index (χ0v) is 38.7. The van der Waals surface area contributed by atoms with Crippen LogP contribution in [0.25, 0.3) is 0 Å². The van der Waals surface area contributed by atoms with E-state index in [2.05, 4.69) is 42.5 Å². The number of rotatable bonds is 34. The van der Waals surface area contributed by atoms with Gasteiger partial charge in [-0.3, -0.25) is 38.4 Å². The molecule has 0 aliphatic carbocycles. The largest absolute Gasteiger partial charge is 0.480 e. The minimum atomic E-state index is -1.62. The Morgan fingerprint density at radius 2 is 0.908 bits per heavy atom. The number of carboxylic acid groups (broad SMARTS) is 1. The van der Waals surface area contributed by atoms with Crippen LogP contribution in [0.3, 0.4) is 0 Å². The Kier molecular flexibility index (Phi) is 30.1. The lowest BCUT2D eigenvalue weighted by atomic mass is 9.96. The number of unbranched alkanes of at least 4 members (excludes halogenated alkanes) is 2. The average Bonchev–Trinajstić information content (AvgIpc) is 3.25. The Hall–Kier alpha value is -5.01. The molecule has 18 N–H and O–H groups in total. The molecular weight excluding hydrogens is 855 g/mol. The van der Waals surface area contributed by atoms with Gasteiger partial charge in [-0.1, -0.05) is 54.4 Å². The highest BCUT2D eigenvalue weighted by atomic mass is 16.4. The minimum absolute atomic E-state index is 0.0570. The van der Waals surface area contributed by atoms with Crippen LogP contribution >= 0.6 is 0 Å². The van der Waals surface area contributed by atoms with Crippen molar-refractivity contribution in [2.45, 2.75) is 148 Å². The number of hydrogen-bond donors (Lipinski definition) is 15. The first-order valence-corrected chi connectivity index (χ1v) is 22.2. The number of carbonyl (C=O) groups is 9. The van der Waals surface area contributed by atoms with E-state index < -0.39 is 134 Å². The van der Waals surface area contributed by atoms with E-state index in [1.807, 2.05) is 0 Å². The van der Waals surface area contributed by atoms with Crippen molar-refractivity contribution in [3.05, 3.63) is 0 Å². The van der Waals surface area contributed by atoms with Crippen molar-refractivity contribution in [3.8, 4) is 0 Å². The molecule has 24 heteroatoms. The SMILES string of the molecule is CC[C@H](C)[C@H](NC(=O)[C@H](CC(C)C)NC(=O)[C@H](CCCCN)NC(=O)CNC(=O)[C@H](CO)NC(=O)[C@H](CO)NC(=O)[C@@H](N)CCCCN)C(=O)N[C@@H](CO)C(=O)N[C@@H](CC(C)C)C(=O)O. The number of aliphatic carboxylic acids is 1. The lowest BCUT2D eigenvalue weighted by Crippen LogP contribution is -2.61. The summed E-state index contributed by atoms with van der Waals surface area (Å²) in [7, 11) is 0. The van der Waals surface area contributed by atoms with Crippen LogP contribution < -0.4 is 59.7 Å². The molecule has 0 unspecified atom stereocenters. The van der Waals surface area contributed by atoms with Gasteiger partial charge in [0.05, 0.1) is 32.4 Å². The number of amides is 8. The van der Waals surface area contributed by atoms with Gasteiger partial charge in [-0.15, -0.1) is 0 Å². The smallest absolute Gasteiger partial charge is 0.326 e. The van der Waals surface area contributed by atoms with Gasteiger partial charge in [0.2, 0.25) is 47.3 Å². The van der Waals surface area contributed by atoms with Crippen LogP contribution in [0.4, 0.5) is 0 Å². The van der Waals surface area contributed by atoms with Crippen LogP contribution in [0.15, 0.2) is 0 Å². The summed E-state index contributed by atoms with van der Waals surface area (Å²) in [4.78, 5) is 117. The van der Waals surface area contributed by atoms with Gasteiger partial charge in [0.15, 0.2) is 0 Å². The number of aliphatic hydroxyl groups is 3. The van der Waals surface area contributed by atoms with Gasteiger partial charge in [0.25, 0.3) is 0 Å². The Morgan fingerprint density at radius 3 is 1.38 bits per heavy atom. The third kappa shape index (κ3) is 23.7. The highest BCUT2D eigenvalue weighted by molar-refractivity contribution is 5.97. The van der Waals surface area contributed by atoms with E-state index >= 15 is 0 Å². The van der Waals surface area contributed by atoms with Crippen molar-refractivity contribution >= 4 is 53.2 Å². The molecule has 0 bridgehead atoms. The molecule has 0 heterocycles. The van der Waals surface area contributed by atoms with Crippen LogP contribution in [0.2, 0.25) is 0 Å². The topological polar surface area (TPSA) is 409 Å². The maximum absolute atomic E-state index is 13.9. The van der Waals surface area contributed by atoms with Gasteiger partial charge in [-0.05, 0) is 75.8 Å². The van der Waals surface area contributed by atoms with Gasteiger partial charge in [-0.2, -0.15) is 0 Å². The fourth-order valence-electron chi connectivity index (χ4n) is 6.23. The number of nitrogens with one attached hydrogen (secondary N) is 8. The monoisotopic (exact) mass is 932 g/mol. The van der Waals surface area contributed by atoms with Crippen LogP contribution in [0.5, 0.6) is 0 Å². The number of carboxylic acids is 1. The summed E-state index contributed by atoms with van der Waals surface area (Å²) in [6, 6.07) is -10.7. The van der Waals surface area contributed by atoms with E-state index in [0.29, 0.717) is 38.6 Å². The first kappa shape index (κ1) is 60.0.